The first-order valence-electron chi connectivity index (χ1n) is 6.15. The number of pyridine rings is 1. The number of hydrogen-bond acceptors (Lipinski definition) is 4. The predicted octanol–water partition coefficient (Wildman–Crippen LogP) is 2.55. The highest BCUT2D eigenvalue weighted by Gasteiger charge is 2.15. The molecule has 1 aromatic carbocycles. The van der Waals surface area contributed by atoms with E-state index < -0.39 is 0 Å². The Morgan fingerprint density at radius 1 is 1.11 bits per heavy atom. The number of anilines is 2. The van der Waals surface area contributed by atoms with E-state index in [1.165, 1.54) is 0 Å². The summed E-state index contributed by atoms with van der Waals surface area (Å²) in [4.78, 5) is 8.59. The summed E-state index contributed by atoms with van der Waals surface area (Å²) in [5.41, 5.74) is 4.38. The quantitative estimate of drug-likeness (QED) is 0.826. The first-order chi connectivity index (χ1) is 8.97. The second kappa shape index (κ2) is 4.77. The van der Waals surface area contributed by atoms with E-state index >= 15 is 0 Å². The number of hydrogen-bond donors (Lipinski definition) is 0. The van der Waals surface area contributed by atoms with Gasteiger partial charge in [-0.05, 0) is 13.0 Å². The Kier molecular flexibility index (Phi) is 3.30. The van der Waals surface area contributed by atoms with Gasteiger partial charge in [-0.25, -0.2) is 4.98 Å². The fourth-order valence-corrected chi connectivity index (χ4v) is 2.40. The molecule has 0 fully saturated rings. The van der Waals surface area contributed by atoms with Crippen LogP contribution >= 0.6 is 0 Å². The number of aromatic nitrogens is 1. The first kappa shape index (κ1) is 13.2. The highest BCUT2D eigenvalue weighted by atomic mass is 15.1. The van der Waals surface area contributed by atoms with Crippen molar-refractivity contribution < 1.29 is 0 Å². The second-order valence-corrected chi connectivity index (χ2v) is 5.01. The van der Waals surface area contributed by atoms with Gasteiger partial charge in [0.15, 0.2) is 0 Å². The molecular weight excluding hydrogens is 236 g/mol. The van der Waals surface area contributed by atoms with Crippen molar-refractivity contribution in [1.29, 1.82) is 5.26 Å². The molecule has 0 saturated heterocycles. The van der Waals surface area contributed by atoms with Crippen molar-refractivity contribution in [3.05, 3.63) is 29.5 Å². The summed E-state index contributed by atoms with van der Waals surface area (Å²) in [6.07, 6.45) is 0. The topological polar surface area (TPSA) is 43.2 Å². The minimum atomic E-state index is 0.491. The number of rotatable bonds is 2. The number of benzene rings is 1. The number of nitriles is 1. The van der Waals surface area contributed by atoms with Crippen LogP contribution in [0, 0.1) is 18.3 Å². The summed E-state index contributed by atoms with van der Waals surface area (Å²) >= 11 is 0. The van der Waals surface area contributed by atoms with Crippen LogP contribution in [-0.2, 0) is 0 Å². The lowest BCUT2D eigenvalue weighted by Crippen LogP contribution is -2.14. The van der Waals surface area contributed by atoms with Gasteiger partial charge in [0.25, 0.3) is 0 Å². The Labute approximate surface area is 113 Å². The van der Waals surface area contributed by atoms with E-state index in [1.54, 1.807) is 0 Å². The summed E-state index contributed by atoms with van der Waals surface area (Å²) in [7, 11) is 7.95. The lowest BCUT2D eigenvalue weighted by atomic mass is 10.1. The van der Waals surface area contributed by atoms with Crippen LogP contribution in [0.2, 0.25) is 0 Å². The van der Waals surface area contributed by atoms with Gasteiger partial charge in [-0.15, -0.1) is 0 Å². The lowest BCUT2D eigenvalue weighted by molar-refractivity contribution is 1.10. The van der Waals surface area contributed by atoms with E-state index in [2.05, 4.69) is 17.1 Å². The Morgan fingerprint density at radius 2 is 1.79 bits per heavy atom. The number of para-hydroxylation sites is 1. The lowest BCUT2D eigenvalue weighted by Gasteiger charge is -2.21. The molecule has 2 aromatic rings. The van der Waals surface area contributed by atoms with Crippen LogP contribution in [0.1, 0.15) is 11.3 Å². The molecule has 0 unspecified atom stereocenters. The molecule has 2 rings (SSSR count). The van der Waals surface area contributed by atoms with Gasteiger partial charge in [-0.2, -0.15) is 5.26 Å². The van der Waals surface area contributed by atoms with E-state index in [9.17, 15) is 5.26 Å². The number of nitrogens with zero attached hydrogens (tertiary/aromatic N) is 4. The third kappa shape index (κ3) is 2.08. The van der Waals surface area contributed by atoms with E-state index in [-0.39, 0.29) is 0 Å². The van der Waals surface area contributed by atoms with Crippen LogP contribution in [0.5, 0.6) is 0 Å². The van der Waals surface area contributed by atoms with Gasteiger partial charge in [-0.3, -0.25) is 0 Å². The molecule has 0 N–H and O–H groups in total. The van der Waals surface area contributed by atoms with Crippen LogP contribution in [0.4, 0.5) is 11.4 Å². The van der Waals surface area contributed by atoms with E-state index in [1.807, 2.05) is 57.0 Å². The average Bonchev–Trinajstić information content (AvgIpc) is 2.36. The molecule has 0 atom stereocenters. The first-order valence-corrected chi connectivity index (χ1v) is 6.15. The molecule has 0 spiro atoms. The highest BCUT2D eigenvalue weighted by molar-refractivity contribution is 6.00. The molecule has 0 bridgehead atoms. The number of fused-ring (bicyclic) bond motifs is 1. The maximum Gasteiger partial charge on any atom is 0.146 e. The zero-order chi connectivity index (χ0) is 14.2. The van der Waals surface area contributed by atoms with Crippen molar-refractivity contribution in [2.75, 3.05) is 38.0 Å². The van der Waals surface area contributed by atoms with E-state index in [4.69, 9.17) is 0 Å². The van der Waals surface area contributed by atoms with Gasteiger partial charge in [0.2, 0.25) is 0 Å². The Balaban J connectivity index is 2.96. The minimum Gasteiger partial charge on any atom is -0.377 e. The van der Waals surface area contributed by atoms with Crippen molar-refractivity contribution in [2.45, 2.75) is 6.92 Å². The summed E-state index contributed by atoms with van der Waals surface area (Å²) in [6.45, 7) is 1.95. The summed E-state index contributed by atoms with van der Waals surface area (Å²) in [5.74, 6) is 0. The normalized spacial score (nSPS) is 10.3. The Bertz CT molecular complexity index is 666. The van der Waals surface area contributed by atoms with Crippen LogP contribution in [0.25, 0.3) is 10.9 Å². The maximum atomic E-state index is 9.27. The van der Waals surface area contributed by atoms with Gasteiger partial charge in [0, 0.05) is 39.1 Å². The van der Waals surface area contributed by atoms with Crippen LogP contribution in [-0.4, -0.2) is 33.2 Å². The molecule has 0 aliphatic carbocycles. The summed E-state index contributed by atoms with van der Waals surface area (Å²) < 4.78 is 0. The Hall–Kier alpha value is -2.28. The van der Waals surface area contributed by atoms with E-state index in [0.717, 1.165) is 27.8 Å². The molecule has 1 aromatic heterocycles. The molecule has 4 heteroatoms. The van der Waals surface area contributed by atoms with Crippen molar-refractivity contribution in [2.24, 2.45) is 0 Å². The molecule has 0 saturated carbocycles. The molecule has 19 heavy (non-hydrogen) atoms. The standard InChI is InChI=1S/C15H18N4/c1-10-12(9-16)17-14-11(15(10)19(4)5)7-6-8-13(14)18(2)3/h6-8H,1-5H3. The highest BCUT2D eigenvalue weighted by Crippen LogP contribution is 2.34. The average molecular weight is 254 g/mol. The van der Waals surface area contributed by atoms with Crippen molar-refractivity contribution >= 4 is 22.3 Å². The SMILES string of the molecule is Cc1c(C#N)nc2c(N(C)C)cccc2c1N(C)C. The summed E-state index contributed by atoms with van der Waals surface area (Å²) in [5, 5.41) is 10.3. The summed E-state index contributed by atoms with van der Waals surface area (Å²) in [6, 6.07) is 8.29. The fraction of sp³-hybridized carbons (Fsp3) is 0.333. The van der Waals surface area contributed by atoms with Gasteiger partial charge < -0.3 is 9.80 Å². The zero-order valence-electron chi connectivity index (χ0n) is 12.0. The smallest absolute Gasteiger partial charge is 0.146 e. The van der Waals surface area contributed by atoms with Gasteiger partial charge in [0.1, 0.15) is 11.8 Å². The largest absolute Gasteiger partial charge is 0.377 e. The third-order valence-corrected chi connectivity index (χ3v) is 3.24. The van der Waals surface area contributed by atoms with Gasteiger partial charge in [-0.1, -0.05) is 12.1 Å². The van der Waals surface area contributed by atoms with E-state index in [0.29, 0.717) is 5.69 Å². The molecule has 0 aliphatic rings. The van der Waals surface area contributed by atoms with Crippen molar-refractivity contribution in [1.82, 2.24) is 4.98 Å². The molecule has 4 nitrogen and oxygen atoms in total. The van der Waals surface area contributed by atoms with Crippen LogP contribution < -0.4 is 9.80 Å². The molecule has 0 aliphatic heterocycles. The molecular formula is C15H18N4. The van der Waals surface area contributed by atoms with Gasteiger partial charge >= 0.3 is 0 Å². The maximum absolute atomic E-state index is 9.27. The molecule has 0 amide bonds. The second-order valence-electron chi connectivity index (χ2n) is 5.01. The minimum absolute atomic E-state index is 0.491. The molecule has 98 valence electrons. The van der Waals surface area contributed by atoms with Crippen LogP contribution in [0.15, 0.2) is 18.2 Å². The predicted molar refractivity (Wildman–Crippen MR) is 79.8 cm³/mol. The van der Waals surface area contributed by atoms with Gasteiger partial charge in [0.05, 0.1) is 16.9 Å². The molecule has 0 radical (unpaired) electrons. The third-order valence-electron chi connectivity index (χ3n) is 3.24. The Morgan fingerprint density at radius 3 is 2.32 bits per heavy atom. The van der Waals surface area contributed by atoms with Crippen molar-refractivity contribution in [3.8, 4) is 6.07 Å². The fourth-order valence-electron chi connectivity index (χ4n) is 2.40. The monoisotopic (exact) mass is 254 g/mol. The van der Waals surface area contributed by atoms with Crippen molar-refractivity contribution in [3.63, 3.8) is 0 Å². The molecule has 1 heterocycles. The zero-order valence-corrected chi connectivity index (χ0v) is 12.0. The van der Waals surface area contributed by atoms with Crippen LogP contribution in [0.3, 0.4) is 0 Å².